The quantitative estimate of drug-likeness (QED) is 0.562. The van der Waals surface area contributed by atoms with E-state index < -0.39 is 27.6 Å². The molecule has 10 heteroatoms. The summed E-state index contributed by atoms with van der Waals surface area (Å²) in [4.78, 5) is 15.9. The van der Waals surface area contributed by atoms with Crippen LogP contribution in [0.15, 0.2) is 46.8 Å². The minimum Gasteiger partial charge on any atom is -0.465 e. The van der Waals surface area contributed by atoms with Gasteiger partial charge in [-0.05, 0) is 54.8 Å². The molecule has 0 bridgehead atoms. The molecule has 0 atom stereocenters. The summed E-state index contributed by atoms with van der Waals surface area (Å²) in [7, 11) is -2.84. The summed E-state index contributed by atoms with van der Waals surface area (Å²) in [6, 6.07) is 7.98. The minimum atomic E-state index is -3.99. The molecule has 2 heterocycles. The molecule has 6 nitrogen and oxygen atoms in total. The summed E-state index contributed by atoms with van der Waals surface area (Å²) < 4.78 is 59.8. The number of methoxy groups -OCH3 is 1. The Bertz CT molecular complexity index is 1220. The fraction of sp³-hybridized carbons (Fsp3) is 0.200. The van der Waals surface area contributed by atoms with Crippen molar-refractivity contribution in [2.75, 3.05) is 18.0 Å². The first kappa shape index (κ1) is 20.4. The summed E-state index contributed by atoms with van der Waals surface area (Å²) in [5, 5.41) is 0.429. The van der Waals surface area contributed by atoms with E-state index in [1.807, 2.05) is 0 Å². The van der Waals surface area contributed by atoms with Crippen molar-refractivity contribution >= 4 is 33.0 Å². The Hall–Kier alpha value is -2.85. The van der Waals surface area contributed by atoms with E-state index in [0.29, 0.717) is 29.0 Å². The highest BCUT2D eigenvalue weighted by atomic mass is 32.2. The maximum Gasteiger partial charge on any atom is 0.340 e. The Morgan fingerprint density at radius 2 is 1.93 bits per heavy atom. The zero-order valence-corrected chi connectivity index (χ0v) is 17.4. The summed E-state index contributed by atoms with van der Waals surface area (Å²) in [6.07, 6.45) is 2.27. The van der Waals surface area contributed by atoms with E-state index in [2.05, 4.69) is 9.72 Å². The van der Waals surface area contributed by atoms with Crippen LogP contribution < -0.4 is 4.31 Å². The third-order valence-corrected chi connectivity index (χ3v) is 8.07. The van der Waals surface area contributed by atoms with E-state index in [1.54, 1.807) is 0 Å². The largest absolute Gasteiger partial charge is 0.465 e. The number of carbonyl (C=O) groups excluding carboxylic acids is 1. The van der Waals surface area contributed by atoms with Gasteiger partial charge in [0, 0.05) is 12.1 Å². The molecule has 0 aliphatic carbocycles. The number of hydrogen-bond acceptors (Lipinski definition) is 6. The standard InChI is InChI=1S/C20H16F2N2O4S2/c1-28-20(25)15-9-13-3-2-8-24(17(13)10-16(15)22)30(26,27)18-11-23-19(29-18)12-4-6-14(21)7-5-12/h4-7,9-11H,2-3,8H2,1H3. The monoisotopic (exact) mass is 450 g/mol. The lowest BCUT2D eigenvalue weighted by Gasteiger charge is -2.30. The lowest BCUT2D eigenvalue weighted by atomic mass is 10.0. The van der Waals surface area contributed by atoms with Gasteiger partial charge in [0.25, 0.3) is 10.0 Å². The topological polar surface area (TPSA) is 76.6 Å². The number of benzene rings is 2. The number of aryl methyl sites for hydroxylation is 1. The molecule has 0 unspecified atom stereocenters. The highest BCUT2D eigenvalue weighted by Gasteiger charge is 2.32. The molecule has 0 amide bonds. The van der Waals surface area contributed by atoms with E-state index in [1.165, 1.54) is 36.5 Å². The van der Waals surface area contributed by atoms with Crippen molar-refractivity contribution in [3.63, 3.8) is 0 Å². The average Bonchev–Trinajstić information content (AvgIpc) is 3.24. The first-order valence-corrected chi connectivity index (χ1v) is 11.2. The van der Waals surface area contributed by atoms with E-state index in [4.69, 9.17) is 0 Å². The van der Waals surface area contributed by atoms with Crippen LogP contribution in [0.3, 0.4) is 0 Å². The highest BCUT2D eigenvalue weighted by Crippen LogP contribution is 2.36. The maximum atomic E-state index is 14.5. The number of ether oxygens (including phenoxy) is 1. The molecule has 2 aromatic carbocycles. The molecule has 0 spiro atoms. The summed E-state index contributed by atoms with van der Waals surface area (Å²) >= 11 is 0.952. The van der Waals surface area contributed by atoms with Crippen molar-refractivity contribution in [1.82, 2.24) is 4.98 Å². The smallest absolute Gasteiger partial charge is 0.340 e. The van der Waals surface area contributed by atoms with Crippen LogP contribution in [0.1, 0.15) is 22.3 Å². The number of nitrogens with zero attached hydrogens (tertiary/aromatic N) is 2. The Labute approximate surface area is 175 Å². The normalized spacial score (nSPS) is 13.8. The SMILES string of the molecule is COC(=O)c1cc2c(cc1F)N(S(=O)(=O)c1cnc(-c3ccc(F)cc3)s1)CCC2. The molecule has 1 aliphatic heterocycles. The van der Waals surface area contributed by atoms with Gasteiger partial charge in [-0.3, -0.25) is 4.31 Å². The molecule has 30 heavy (non-hydrogen) atoms. The van der Waals surface area contributed by atoms with Gasteiger partial charge in [0.1, 0.15) is 16.6 Å². The van der Waals surface area contributed by atoms with E-state index in [0.717, 1.165) is 28.8 Å². The number of aromatic nitrogens is 1. The number of fused-ring (bicyclic) bond motifs is 1. The van der Waals surface area contributed by atoms with Crippen molar-refractivity contribution in [2.24, 2.45) is 0 Å². The number of hydrogen-bond donors (Lipinski definition) is 0. The molecule has 3 aromatic rings. The van der Waals surface area contributed by atoms with Crippen molar-refractivity contribution < 1.29 is 26.7 Å². The van der Waals surface area contributed by atoms with Gasteiger partial charge in [-0.2, -0.15) is 0 Å². The van der Waals surface area contributed by atoms with Gasteiger partial charge in [0.15, 0.2) is 4.21 Å². The third kappa shape index (κ3) is 3.56. The Balaban J connectivity index is 1.72. The zero-order chi connectivity index (χ0) is 21.5. The molecule has 156 valence electrons. The van der Waals surface area contributed by atoms with Crippen LogP contribution in [-0.2, 0) is 21.2 Å². The molecular weight excluding hydrogens is 434 g/mol. The van der Waals surface area contributed by atoms with Crippen LogP contribution in [0.2, 0.25) is 0 Å². The molecule has 0 fully saturated rings. The van der Waals surface area contributed by atoms with E-state index in [-0.39, 0.29) is 22.0 Å². The van der Waals surface area contributed by atoms with Gasteiger partial charge >= 0.3 is 5.97 Å². The van der Waals surface area contributed by atoms with Crippen molar-refractivity contribution in [3.05, 3.63) is 65.4 Å². The number of halogens is 2. The average molecular weight is 450 g/mol. The Morgan fingerprint density at radius 1 is 1.20 bits per heavy atom. The highest BCUT2D eigenvalue weighted by molar-refractivity contribution is 7.94. The lowest BCUT2D eigenvalue weighted by molar-refractivity contribution is 0.0595. The number of anilines is 1. The molecule has 0 saturated carbocycles. The second-order valence-electron chi connectivity index (χ2n) is 6.62. The van der Waals surface area contributed by atoms with Gasteiger partial charge in [0.2, 0.25) is 0 Å². The predicted octanol–water partition coefficient (Wildman–Crippen LogP) is 4.02. The second-order valence-corrected chi connectivity index (χ2v) is 9.74. The maximum absolute atomic E-state index is 14.5. The molecule has 1 aliphatic rings. The lowest BCUT2D eigenvalue weighted by Crippen LogP contribution is -2.35. The first-order valence-electron chi connectivity index (χ1n) is 8.96. The van der Waals surface area contributed by atoms with Crippen LogP contribution in [0, 0.1) is 11.6 Å². The van der Waals surface area contributed by atoms with Gasteiger partial charge in [-0.25, -0.2) is 27.0 Å². The van der Waals surface area contributed by atoms with Crippen molar-refractivity contribution in [2.45, 2.75) is 17.1 Å². The van der Waals surface area contributed by atoms with Crippen LogP contribution in [-0.4, -0.2) is 33.0 Å². The molecule has 1 aromatic heterocycles. The van der Waals surface area contributed by atoms with E-state index in [9.17, 15) is 22.0 Å². The van der Waals surface area contributed by atoms with Gasteiger partial charge in [-0.15, -0.1) is 11.3 Å². The molecule has 4 rings (SSSR count). The third-order valence-electron chi connectivity index (χ3n) is 4.77. The number of thiazole rings is 1. The number of sulfonamides is 1. The van der Waals surface area contributed by atoms with Crippen molar-refractivity contribution in [1.29, 1.82) is 0 Å². The van der Waals surface area contributed by atoms with E-state index >= 15 is 0 Å². The fourth-order valence-corrected chi connectivity index (χ4v) is 6.09. The first-order chi connectivity index (χ1) is 14.3. The van der Waals surface area contributed by atoms with Crippen molar-refractivity contribution in [3.8, 4) is 10.6 Å². The number of rotatable bonds is 4. The molecule has 0 N–H and O–H groups in total. The zero-order valence-electron chi connectivity index (χ0n) is 15.8. The fourth-order valence-electron chi connectivity index (χ4n) is 3.30. The molecule has 0 radical (unpaired) electrons. The number of carbonyl (C=O) groups is 1. The van der Waals surface area contributed by atoms with Crippen LogP contribution in [0.4, 0.5) is 14.5 Å². The van der Waals surface area contributed by atoms with Gasteiger partial charge < -0.3 is 4.74 Å². The predicted molar refractivity (Wildman–Crippen MR) is 108 cm³/mol. The summed E-state index contributed by atoms with van der Waals surface area (Å²) in [6.45, 7) is 0.177. The van der Waals surface area contributed by atoms with Gasteiger partial charge in [0.05, 0.1) is 24.6 Å². The van der Waals surface area contributed by atoms with Crippen LogP contribution >= 0.6 is 11.3 Å². The number of esters is 1. The van der Waals surface area contributed by atoms with Gasteiger partial charge in [-0.1, -0.05) is 0 Å². The van der Waals surface area contributed by atoms with Crippen LogP contribution in [0.25, 0.3) is 10.6 Å². The van der Waals surface area contributed by atoms with Crippen LogP contribution in [0.5, 0.6) is 0 Å². The Kier molecular flexibility index (Phi) is 5.29. The minimum absolute atomic E-state index is 0.00729. The molecule has 0 saturated heterocycles. The summed E-state index contributed by atoms with van der Waals surface area (Å²) in [5.74, 6) is -2.07. The molecular formula is C20H16F2N2O4S2. The Morgan fingerprint density at radius 3 is 2.63 bits per heavy atom. The summed E-state index contributed by atoms with van der Waals surface area (Å²) in [5.41, 5.74) is 1.11. The second kappa shape index (κ2) is 7.77.